The van der Waals surface area contributed by atoms with Crippen molar-refractivity contribution >= 4 is 16.9 Å². The third-order valence-corrected chi connectivity index (χ3v) is 5.14. The Labute approximate surface area is 169 Å². The number of aryl methyl sites for hydroxylation is 2. The van der Waals surface area contributed by atoms with Crippen molar-refractivity contribution in [2.45, 2.75) is 46.2 Å². The van der Waals surface area contributed by atoms with E-state index in [4.69, 9.17) is 9.15 Å². The van der Waals surface area contributed by atoms with Crippen LogP contribution < -0.4 is 10.4 Å². The number of hydrogen-bond donors (Lipinski definition) is 0. The number of aromatic nitrogens is 2. The van der Waals surface area contributed by atoms with E-state index in [2.05, 4.69) is 5.10 Å². The van der Waals surface area contributed by atoms with Crippen molar-refractivity contribution in [3.63, 3.8) is 0 Å². The van der Waals surface area contributed by atoms with Gasteiger partial charge in [0, 0.05) is 54.8 Å². The number of carbonyl (C=O) groups excluding carboxylic acids is 1. The lowest BCUT2D eigenvalue weighted by molar-refractivity contribution is -0.133. The molecule has 0 bridgehead atoms. The summed E-state index contributed by atoms with van der Waals surface area (Å²) in [6.07, 6.45) is 4.25. The monoisotopic (exact) mass is 397 g/mol. The van der Waals surface area contributed by atoms with E-state index < -0.39 is 5.63 Å². The van der Waals surface area contributed by atoms with E-state index in [9.17, 15) is 9.59 Å². The molecule has 3 rings (SSSR count). The van der Waals surface area contributed by atoms with Crippen LogP contribution in [0.25, 0.3) is 11.0 Å². The Balaban J connectivity index is 1.79. The van der Waals surface area contributed by atoms with E-state index >= 15 is 0 Å². The van der Waals surface area contributed by atoms with Gasteiger partial charge in [0.15, 0.2) is 0 Å². The van der Waals surface area contributed by atoms with E-state index in [0.717, 1.165) is 16.5 Å². The van der Waals surface area contributed by atoms with Crippen LogP contribution in [0.3, 0.4) is 0 Å². The van der Waals surface area contributed by atoms with Crippen molar-refractivity contribution in [3.05, 3.63) is 57.7 Å². The maximum atomic E-state index is 12.9. The molecule has 29 heavy (non-hydrogen) atoms. The van der Waals surface area contributed by atoms with Gasteiger partial charge in [0.1, 0.15) is 11.3 Å². The molecular weight excluding hydrogens is 370 g/mol. The Morgan fingerprint density at radius 3 is 2.72 bits per heavy atom. The van der Waals surface area contributed by atoms with Crippen LogP contribution in [-0.2, 0) is 24.8 Å². The summed E-state index contributed by atoms with van der Waals surface area (Å²) < 4.78 is 12.4. The second kappa shape index (κ2) is 8.51. The Morgan fingerprint density at radius 2 is 2.10 bits per heavy atom. The topological polar surface area (TPSA) is 77.6 Å². The van der Waals surface area contributed by atoms with Gasteiger partial charge in [-0.15, -0.1) is 0 Å². The molecule has 154 valence electrons. The fourth-order valence-electron chi connectivity index (χ4n) is 3.48. The Hall–Kier alpha value is -3.09. The number of benzene rings is 1. The molecule has 0 spiro atoms. The smallest absolute Gasteiger partial charge is 0.339 e. The van der Waals surface area contributed by atoms with E-state index in [0.29, 0.717) is 29.9 Å². The van der Waals surface area contributed by atoms with Gasteiger partial charge in [-0.25, -0.2) is 4.79 Å². The molecule has 0 radical (unpaired) electrons. The molecule has 0 N–H and O–H groups in total. The first-order valence-electron chi connectivity index (χ1n) is 9.67. The van der Waals surface area contributed by atoms with Crippen LogP contribution in [0.4, 0.5) is 0 Å². The molecule has 0 unspecified atom stereocenters. The molecule has 0 aliphatic heterocycles. The summed E-state index contributed by atoms with van der Waals surface area (Å²) in [5, 5.41) is 5.01. The largest absolute Gasteiger partial charge is 0.497 e. The summed E-state index contributed by atoms with van der Waals surface area (Å²) in [5.41, 5.74) is 2.45. The number of methoxy groups -OCH3 is 1. The van der Waals surface area contributed by atoms with E-state index in [1.54, 1.807) is 29.0 Å². The zero-order chi connectivity index (χ0) is 21.1. The number of nitrogens with zero attached hydrogens (tertiary/aromatic N) is 3. The van der Waals surface area contributed by atoms with Gasteiger partial charge < -0.3 is 14.1 Å². The zero-order valence-corrected chi connectivity index (χ0v) is 17.6. The summed E-state index contributed by atoms with van der Waals surface area (Å²) in [6, 6.07) is 5.45. The van der Waals surface area contributed by atoms with Gasteiger partial charge in [-0.3, -0.25) is 9.48 Å². The van der Waals surface area contributed by atoms with Crippen molar-refractivity contribution in [1.29, 1.82) is 0 Å². The molecule has 0 saturated carbocycles. The summed E-state index contributed by atoms with van der Waals surface area (Å²) in [6.45, 7) is 6.35. The first-order chi connectivity index (χ1) is 13.8. The second-order valence-corrected chi connectivity index (χ2v) is 7.49. The van der Waals surface area contributed by atoms with E-state index in [1.807, 2.05) is 46.1 Å². The maximum Gasteiger partial charge on any atom is 0.339 e. The van der Waals surface area contributed by atoms with Crippen molar-refractivity contribution in [2.75, 3.05) is 7.11 Å². The Morgan fingerprint density at radius 1 is 1.34 bits per heavy atom. The number of ether oxygens (including phenoxy) is 1. The quantitative estimate of drug-likeness (QED) is 0.572. The van der Waals surface area contributed by atoms with Gasteiger partial charge in [-0.05, 0) is 44.9 Å². The molecule has 2 aromatic heterocycles. The van der Waals surface area contributed by atoms with Gasteiger partial charge in [0.05, 0.1) is 13.3 Å². The van der Waals surface area contributed by atoms with Gasteiger partial charge >= 0.3 is 5.63 Å². The lowest BCUT2D eigenvalue weighted by Crippen LogP contribution is -2.36. The third kappa shape index (κ3) is 4.50. The van der Waals surface area contributed by atoms with Gasteiger partial charge in [0.2, 0.25) is 5.91 Å². The van der Waals surface area contributed by atoms with E-state index in [1.165, 1.54) is 0 Å². The summed E-state index contributed by atoms with van der Waals surface area (Å²) in [4.78, 5) is 27.2. The Kier molecular flexibility index (Phi) is 6.06. The molecular formula is C22H27N3O4. The summed E-state index contributed by atoms with van der Waals surface area (Å²) >= 11 is 0. The second-order valence-electron chi connectivity index (χ2n) is 7.49. The minimum atomic E-state index is -0.403. The molecule has 3 aromatic rings. The number of hydrogen-bond acceptors (Lipinski definition) is 5. The van der Waals surface area contributed by atoms with Crippen LogP contribution in [-0.4, -0.2) is 33.7 Å². The minimum absolute atomic E-state index is 0.00233. The van der Waals surface area contributed by atoms with Crippen LogP contribution in [0.15, 0.2) is 39.8 Å². The van der Waals surface area contributed by atoms with Crippen LogP contribution in [0, 0.1) is 6.92 Å². The predicted octanol–water partition coefficient (Wildman–Crippen LogP) is 3.21. The van der Waals surface area contributed by atoms with Gasteiger partial charge in [-0.2, -0.15) is 5.10 Å². The molecule has 0 aliphatic rings. The molecule has 0 aliphatic carbocycles. The molecule has 0 atom stereocenters. The number of fused-ring (bicyclic) bond motifs is 1. The van der Waals surface area contributed by atoms with Crippen molar-refractivity contribution in [1.82, 2.24) is 14.7 Å². The molecule has 0 saturated heterocycles. The Bertz CT molecular complexity index is 1080. The standard InChI is InChI=1S/C22H27N3O4/c1-14(2)25(13-16-11-23-24(4)12-16)21(26)9-8-19-15(3)18-7-6-17(28-5)10-20(18)29-22(19)27/h6-7,10-12,14H,8-9,13H2,1-5H3. The van der Waals surface area contributed by atoms with Crippen LogP contribution in [0.5, 0.6) is 5.75 Å². The number of carbonyl (C=O) groups is 1. The minimum Gasteiger partial charge on any atom is -0.497 e. The van der Waals surface area contributed by atoms with Crippen molar-refractivity contribution < 1.29 is 13.9 Å². The van der Waals surface area contributed by atoms with Crippen molar-refractivity contribution in [2.24, 2.45) is 7.05 Å². The molecule has 2 heterocycles. The average molecular weight is 397 g/mol. The van der Waals surface area contributed by atoms with Gasteiger partial charge in [-0.1, -0.05) is 0 Å². The highest BCUT2D eigenvalue weighted by atomic mass is 16.5. The normalized spacial score (nSPS) is 11.2. The first-order valence-corrected chi connectivity index (χ1v) is 9.67. The zero-order valence-electron chi connectivity index (χ0n) is 17.6. The maximum absolute atomic E-state index is 12.9. The fraction of sp³-hybridized carbons (Fsp3) is 0.409. The van der Waals surface area contributed by atoms with Crippen LogP contribution in [0.2, 0.25) is 0 Å². The average Bonchev–Trinajstić information content (AvgIpc) is 3.09. The molecule has 7 nitrogen and oxygen atoms in total. The van der Waals surface area contributed by atoms with Crippen LogP contribution >= 0.6 is 0 Å². The molecule has 7 heteroatoms. The summed E-state index contributed by atoms with van der Waals surface area (Å²) in [5.74, 6) is 0.628. The highest BCUT2D eigenvalue weighted by Gasteiger charge is 2.20. The van der Waals surface area contributed by atoms with Crippen LogP contribution in [0.1, 0.15) is 37.0 Å². The predicted molar refractivity (Wildman–Crippen MR) is 111 cm³/mol. The molecule has 1 amide bonds. The van der Waals surface area contributed by atoms with E-state index in [-0.39, 0.29) is 18.4 Å². The third-order valence-electron chi connectivity index (χ3n) is 5.14. The first kappa shape index (κ1) is 20.6. The lowest BCUT2D eigenvalue weighted by atomic mass is 10.0. The summed E-state index contributed by atoms with van der Waals surface area (Å²) in [7, 11) is 3.42. The lowest BCUT2D eigenvalue weighted by Gasteiger charge is -2.26. The molecule has 1 aromatic carbocycles. The SMILES string of the molecule is COc1ccc2c(C)c(CCC(=O)N(Cc3cnn(C)c3)C(C)C)c(=O)oc2c1. The molecule has 0 fully saturated rings. The highest BCUT2D eigenvalue weighted by molar-refractivity contribution is 5.83. The fourth-order valence-corrected chi connectivity index (χ4v) is 3.48. The van der Waals surface area contributed by atoms with Crippen molar-refractivity contribution in [3.8, 4) is 5.75 Å². The van der Waals surface area contributed by atoms with Gasteiger partial charge in [0.25, 0.3) is 0 Å². The number of rotatable bonds is 7. The number of amides is 1. The highest BCUT2D eigenvalue weighted by Crippen LogP contribution is 2.24.